The van der Waals surface area contributed by atoms with Gasteiger partial charge in [-0.15, -0.1) is 0 Å². The van der Waals surface area contributed by atoms with Gasteiger partial charge in [-0.05, 0) is 24.3 Å². The van der Waals surface area contributed by atoms with Crippen molar-refractivity contribution in [3.8, 4) is 11.5 Å². The number of ether oxygens (including phenoxy) is 2. The van der Waals surface area contributed by atoms with Crippen LogP contribution in [0, 0.1) is 17.5 Å². The van der Waals surface area contributed by atoms with Gasteiger partial charge in [0.2, 0.25) is 5.91 Å². The first kappa shape index (κ1) is 21.9. The Labute approximate surface area is 165 Å². The number of aliphatic imine (C=N–C) groups is 1. The molecule has 2 rings (SSSR count). The summed E-state index contributed by atoms with van der Waals surface area (Å²) in [5, 5.41) is 7.90. The fourth-order valence-corrected chi connectivity index (χ4v) is 2.38. The molecule has 1 amide bonds. The lowest BCUT2D eigenvalue weighted by atomic mass is 10.2. The van der Waals surface area contributed by atoms with Crippen molar-refractivity contribution in [2.24, 2.45) is 4.99 Å². The molecular weight excluding hydrogens is 389 g/mol. The molecule has 0 aliphatic carbocycles. The predicted molar refractivity (Wildman–Crippen MR) is 103 cm³/mol. The predicted octanol–water partition coefficient (Wildman–Crippen LogP) is 2.42. The molecule has 0 saturated carbocycles. The summed E-state index contributed by atoms with van der Waals surface area (Å²) in [4.78, 5) is 15.9. The average molecular weight is 410 g/mol. The van der Waals surface area contributed by atoms with Crippen LogP contribution in [0.3, 0.4) is 0 Å². The Morgan fingerprint density at radius 1 is 1.03 bits per heavy atom. The van der Waals surface area contributed by atoms with Crippen LogP contribution in [-0.2, 0) is 11.3 Å². The normalized spacial score (nSPS) is 11.0. The van der Waals surface area contributed by atoms with Gasteiger partial charge < -0.3 is 25.4 Å². The number of nitrogens with one attached hydrogen (secondary N) is 3. The summed E-state index contributed by atoms with van der Waals surface area (Å²) in [7, 11) is 4.59. The van der Waals surface area contributed by atoms with E-state index in [1.165, 1.54) is 14.2 Å². The maximum atomic E-state index is 13.6. The molecule has 0 aliphatic heterocycles. The number of carbonyl (C=O) groups is 1. The fraction of sp³-hybridized carbons (Fsp3) is 0.263. The van der Waals surface area contributed by atoms with E-state index in [-0.39, 0.29) is 6.54 Å². The maximum Gasteiger partial charge on any atom is 0.243 e. The summed E-state index contributed by atoms with van der Waals surface area (Å²) in [5.74, 6) is -3.57. The third-order valence-electron chi connectivity index (χ3n) is 3.89. The number of nitrogens with zero attached hydrogens (tertiary/aromatic N) is 1. The minimum absolute atomic E-state index is 0.280. The molecule has 0 aromatic heterocycles. The lowest BCUT2D eigenvalue weighted by Crippen LogP contribution is -2.41. The van der Waals surface area contributed by atoms with Crippen LogP contribution in [-0.4, -0.2) is 39.7 Å². The van der Waals surface area contributed by atoms with Crippen molar-refractivity contribution in [3.05, 3.63) is 53.3 Å². The minimum atomic E-state index is -1.65. The highest BCUT2D eigenvalue weighted by atomic mass is 19.2. The molecule has 0 heterocycles. The monoisotopic (exact) mass is 410 g/mol. The second kappa shape index (κ2) is 10.2. The average Bonchev–Trinajstić information content (AvgIpc) is 2.74. The van der Waals surface area contributed by atoms with Gasteiger partial charge in [-0.25, -0.2) is 13.2 Å². The molecule has 0 atom stereocenters. The summed E-state index contributed by atoms with van der Waals surface area (Å²) in [6.45, 7) is 0.0596. The van der Waals surface area contributed by atoms with Gasteiger partial charge in [0.25, 0.3) is 0 Å². The van der Waals surface area contributed by atoms with Gasteiger partial charge in [-0.3, -0.25) is 9.79 Å². The third kappa shape index (κ3) is 5.77. The van der Waals surface area contributed by atoms with Gasteiger partial charge in [0.05, 0.1) is 26.5 Å². The first-order chi connectivity index (χ1) is 13.9. The van der Waals surface area contributed by atoms with Crippen LogP contribution in [0.5, 0.6) is 11.5 Å². The molecule has 7 nitrogen and oxygen atoms in total. The molecule has 29 heavy (non-hydrogen) atoms. The van der Waals surface area contributed by atoms with E-state index < -0.39 is 29.0 Å². The van der Waals surface area contributed by atoms with Crippen LogP contribution < -0.4 is 25.4 Å². The Bertz CT molecular complexity index is 907. The second-order valence-electron chi connectivity index (χ2n) is 5.73. The summed E-state index contributed by atoms with van der Waals surface area (Å²) in [5.41, 5.74) is 0.367. The van der Waals surface area contributed by atoms with Crippen molar-refractivity contribution >= 4 is 17.6 Å². The number of amides is 1. The first-order valence-electron chi connectivity index (χ1n) is 8.48. The van der Waals surface area contributed by atoms with Crippen LogP contribution in [0.2, 0.25) is 0 Å². The minimum Gasteiger partial charge on any atom is -0.497 e. The van der Waals surface area contributed by atoms with Crippen molar-refractivity contribution in [2.45, 2.75) is 6.54 Å². The number of anilines is 1. The zero-order valence-electron chi connectivity index (χ0n) is 16.1. The van der Waals surface area contributed by atoms with Gasteiger partial charge in [0, 0.05) is 25.2 Å². The highest BCUT2D eigenvalue weighted by molar-refractivity contribution is 5.95. The number of benzene rings is 2. The van der Waals surface area contributed by atoms with Crippen molar-refractivity contribution in [1.82, 2.24) is 10.6 Å². The Kier molecular flexibility index (Phi) is 7.70. The molecule has 156 valence electrons. The van der Waals surface area contributed by atoms with Crippen LogP contribution in [0.4, 0.5) is 18.9 Å². The van der Waals surface area contributed by atoms with E-state index in [0.717, 1.165) is 17.7 Å². The second-order valence-corrected chi connectivity index (χ2v) is 5.73. The Morgan fingerprint density at radius 2 is 1.79 bits per heavy atom. The number of halogens is 3. The lowest BCUT2D eigenvalue weighted by Gasteiger charge is -2.14. The summed E-state index contributed by atoms with van der Waals surface area (Å²) < 4.78 is 50.2. The zero-order valence-corrected chi connectivity index (χ0v) is 16.1. The zero-order chi connectivity index (χ0) is 21.4. The third-order valence-corrected chi connectivity index (χ3v) is 3.89. The van der Waals surface area contributed by atoms with Crippen LogP contribution in [0.15, 0.2) is 35.3 Å². The van der Waals surface area contributed by atoms with Gasteiger partial charge >= 0.3 is 0 Å². The summed E-state index contributed by atoms with van der Waals surface area (Å²) in [6, 6.07) is 6.99. The molecule has 0 spiro atoms. The quantitative estimate of drug-likeness (QED) is 0.371. The number of methoxy groups -OCH3 is 2. The van der Waals surface area contributed by atoms with Crippen molar-refractivity contribution in [1.29, 1.82) is 0 Å². The Hall–Kier alpha value is -3.43. The molecule has 0 aliphatic rings. The highest BCUT2D eigenvalue weighted by Crippen LogP contribution is 2.24. The maximum absolute atomic E-state index is 13.6. The standard InChI is InChI=1S/C19H21F3N4O3/c1-23-19(24-9-11-4-5-12(28-2)8-15(11)29-3)25-10-16(27)26-14-7-6-13(20)17(21)18(14)22/h4-8H,9-10H2,1-3H3,(H,26,27)(H2,23,24,25). The highest BCUT2D eigenvalue weighted by Gasteiger charge is 2.15. The summed E-state index contributed by atoms with van der Waals surface area (Å²) in [6.07, 6.45) is 0. The SMILES string of the molecule is CN=C(NCC(=O)Nc1ccc(F)c(F)c1F)NCc1ccc(OC)cc1OC. The van der Waals surface area contributed by atoms with Crippen LogP contribution >= 0.6 is 0 Å². The number of hydrogen-bond acceptors (Lipinski definition) is 4. The number of carbonyl (C=O) groups excluding carboxylic acids is 1. The van der Waals surface area contributed by atoms with E-state index in [4.69, 9.17) is 9.47 Å². The van der Waals surface area contributed by atoms with Gasteiger partial charge in [0.15, 0.2) is 23.4 Å². The molecule has 0 radical (unpaired) electrons. The van der Waals surface area contributed by atoms with Gasteiger partial charge in [0.1, 0.15) is 11.5 Å². The fourth-order valence-electron chi connectivity index (χ4n) is 2.38. The van der Waals surface area contributed by atoms with Crippen molar-refractivity contribution in [2.75, 3.05) is 33.1 Å². The Balaban J connectivity index is 1.91. The van der Waals surface area contributed by atoms with Crippen molar-refractivity contribution in [3.63, 3.8) is 0 Å². The van der Waals surface area contributed by atoms with E-state index in [2.05, 4.69) is 20.9 Å². The lowest BCUT2D eigenvalue weighted by molar-refractivity contribution is -0.115. The molecule has 3 N–H and O–H groups in total. The van der Waals surface area contributed by atoms with E-state index in [1.807, 2.05) is 6.07 Å². The largest absolute Gasteiger partial charge is 0.497 e. The van der Waals surface area contributed by atoms with Gasteiger partial charge in [-0.1, -0.05) is 0 Å². The summed E-state index contributed by atoms with van der Waals surface area (Å²) >= 11 is 0. The Morgan fingerprint density at radius 3 is 2.45 bits per heavy atom. The molecule has 0 fully saturated rings. The van der Waals surface area contributed by atoms with E-state index in [0.29, 0.717) is 24.0 Å². The van der Waals surface area contributed by atoms with Crippen molar-refractivity contribution < 1.29 is 27.4 Å². The number of rotatable bonds is 7. The van der Waals surface area contributed by atoms with Crippen LogP contribution in [0.1, 0.15) is 5.56 Å². The molecule has 0 unspecified atom stereocenters. The smallest absolute Gasteiger partial charge is 0.243 e. The van der Waals surface area contributed by atoms with Gasteiger partial charge in [-0.2, -0.15) is 0 Å². The number of guanidine groups is 1. The topological polar surface area (TPSA) is 84.0 Å². The number of hydrogen-bond donors (Lipinski definition) is 3. The van der Waals surface area contributed by atoms with Crippen LogP contribution in [0.25, 0.3) is 0 Å². The first-order valence-corrected chi connectivity index (χ1v) is 8.48. The molecule has 10 heteroatoms. The van der Waals surface area contributed by atoms with E-state index >= 15 is 0 Å². The molecule has 2 aromatic carbocycles. The van der Waals surface area contributed by atoms with E-state index in [1.54, 1.807) is 19.2 Å². The molecule has 0 bridgehead atoms. The van der Waals surface area contributed by atoms with E-state index in [9.17, 15) is 18.0 Å². The molecular formula is C19H21F3N4O3. The molecule has 2 aromatic rings. The molecule has 0 saturated heterocycles.